The first-order valence-electron chi connectivity index (χ1n) is 7.22. The van der Waals surface area contributed by atoms with Gasteiger partial charge < -0.3 is 9.84 Å². The number of anilines is 1. The molecule has 8 nitrogen and oxygen atoms in total. The summed E-state index contributed by atoms with van der Waals surface area (Å²) in [5, 5.41) is 6.40. The van der Waals surface area contributed by atoms with Gasteiger partial charge in [0.1, 0.15) is 5.76 Å². The summed E-state index contributed by atoms with van der Waals surface area (Å²) < 4.78 is 29.7. The molecule has 1 aliphatic rings. The van der Waals surface area contributed by atoms with Crippen LogP contribution < -0.4 is 10.0 Å². The number of carbonyl (C=O) groups is 1. The Hall–Kier alpha value is -1.45. The second-order valence-electron chi connectivity index (χ2n) is 5.73. The lowest BCUT2D eigenvalue weighted by Gasteiger charge is -2.32. The van der Waals surface area contributed by atoms with Crippen LogP contribution in [-0.4, -0.2) is 56.8 Å². The summed E-state index contributed by atoms with van der Waals surface area (Å²) in [5.74, 6) is 1.13. The molecule has 0 bridgehead atoms. The van der Waals surface area contributed by atoms with Gasteiger partial charge in [-0.05, 0) is 32.2 Å². The predicted molar refractivity (Wildman–Crippen MR) is 81.9 cm³/mol. The molecule has 1 unspecified atom stereocenters. The molecule has 9 heteroatoms. The van der Waals surface area contributed by atoms with Crippen LogP contribution in [0.1, 0.15) is 18.6 Å². The number of nitrogens with zero attached hydrogens (tertiary/aromatic N) is 2. The van der Waals surface area contributed by atoms with Crippen molar-refractivity contribution in [3.63, 3.8) is 0 Å². The Morgan fingerprint density at radius 1 is 1.55 bits per heavy atom. The van der Waals surface area contributed by atoms with Crippen LogP contribution in [0.15, 0.2) is 10.6 Å². The summed E-state index contributed by atoms with van der Waals surface area (Å²) in [6, 6.07) is 1.66. The van der Waals surface area contributed by atoms with Gasteiger partial charge in [0, 0.05) is 19.2 Å². The summed E-state index contributed by atoms with van der Waals surface area (Å²) >= 11 is 0. The molecule has 2 rings (SSSR count). The highest BCUT2D eigenvalue weighted by Crippen LogP contribution is 2.16. The topological polar surface area (TPSA) is 105 Å². The average Bonchev–Trinajstić information content (AvgIpc) is 2.81. The van der Waals surface area contributed by atoms with Gasteiger partial charge in [-0.2, -0.15) is 0 Å². The van der Waals surface area contributed by atoms with Crippen LogP contribution in [-0.2, 0) is 14.8 Å². The normalized spacial score (nSPS) is 20.0. The second kappa shape index (κ2) is 7.21. The number of carbonyl (C=O) groups excluding carboxylic acids is 1. The molecule has 2 heterocycles. The molecule has 1 fully saturated rings. The molecular weight excluding hydrogens is 308 g/mol. The maximum Gasteiger partial charge on any atom is 0.239 e. The first kappa shape index (κ1) is 16.9. The Morgan fingerprint density at radius 3 is 2.95 bits per heavy atom. The SMILES string of the molecule is Cc1cc(NC(=O)CN2CCCC(CNS(C)(=O)=O)C2)no1. The lowest BCUT2D eigenvalue weighted by atomic mass is 9.98. The van der Waals surface area contributed by atoms with Gasteiger partial charge in [-0.15, -0.1) is 0 Å². The van der Waals surface area contributed by atoms with E-state index in [1.807, 2.05) is 4.90 Å². The van der Waals surface area contributed by atoms with Crippen molar-refractivity contribution in [2.75, 3.05) is 37.8 Å². The van der Waals surface area contributed by atoms with Crippen LogP contribution in [0.3, 0.4) is 0 Å². The minimum absolute atomic E-state index is 0.148. The summed E-state index contributed by atoms with van der Waals surface area (Å²) in [6.45, 7) is 3.97. The van der Waals surface area contributed by atoms with Crippen molar-refractivity contribution >= 4 is 21.7 Å². The largest absolute Gasteiger partial charge is 0.360 e. The number of sulfonamides is 1. The van der Waals surface area contributed by atoms with Gasteiger partial charge in [-0.3, -0.25) is 9.69 Å². The molecule has 0 aromatic carbocycles. The number of hydrogen-bond acceptors (Lipinski definition) is 6. The molecule has 0 spiro atoms. The van der Waals surface area contributed by atoms with E-state index >= 15 is 0 Å². The third-order valence-corrected chi connectivity index (χ3v) is 4.19. The molecule has 124 valence electrons. The fraction of sp³-hybridized carbons (Fsp3) is 0.692. The lowest BCUT2D eigenvalue weighted by Crippen LogP contribution is -2.43. The third kappa shape index (κ3) is 5.74. The van der Waals surface area contributed by atoms with Gasteiger partial charge in [0.25, 0.3) is 0 Å². The minimum atomic E-state index is -3.17. The monoisotopic (exact) mass is 330 g/mol. The first-order chi connectivity index (χ1) is 10.3. The first-order valence-corrected chi connectivity index (χ1v) is 9.11. The molecule has 0 aliphatic carbocycles. The number of aromatic nitrogens is 1. The number of piperidine rings is 1. The van der Waals surface area contributed by atoms with Crippen LogP contribution in [0.25, 0.3) is 0 Å². The Bertz CT molecular complexity index is 613. The van der Waals surface area contributed by atoms with Crippen molar-refractivity contribution in [1.82, 2.24) is 14.8 Å². The molecule has 1 aliphatic heterocycles. The summed E-state index contributed by atoms with van der Waals surface area (Å²) in [7, 11) is -3.17. The molecule has 1 aromatic rings. The summed E-state index contributed by atoms with van der Waals surface area (Å²) in [4.78, 5) is 14.0. The van der Waals surface area contributed by atoms with Gasteiger partial charge in [0.15, 0.2) is 5.82 Å². The smallest absolute Gasteiger partial charge is 0.239 e. The van der Waals surface area contributed by atoms with Gasteiger partial charge in [0.2, 0.25) is 15.9 Å². The van der Waals surface area contributed by atoms with Crippen LogP contribution in [0.4, 0.5) is 5.82 Å². The van der Waals surface area contributed by atoms with Gasteiger partial charge in [-0.25, -0.2) is 13.1 Å². The van der Waals surface area contributed by atoms with Crippen molar-refractivity contribution in [3.05, 3.63) is 11.8 Å². The number of nitrogens with one attached hydrogen (secondary N) is 2. The highest BCUT2D eigenvalue weighted by atomic mass is 32.2. The Balaban J connectivity index is 1.78. The molecule has 1 atom stereocenters. The van der Waals surface area contributed by atoms with Crippen LogP contribution >= 0.6 is 0 Å². The maximum atomic E-state index is 12.0. The Morgan fingerprint density at radius 2 is 2.32 bits per heavy atom. The van der Waals surface area contributed by atoms with E-state index < -0.39 is 10.0 Å². The van der Waals surface area contributed by atoms with E-state index in [4.69, 9.17) is 4.52 Å². The number of likely N-dealkylation sites (tertiary alicyclic amines) is 1. The molecule has 0 radical (unpaired) electrons. The van der Waals surface area contributed by atoms with Crippen molar-refractivity contribution in [3.8, 4) is 0 Å². The van der Waals surface area contributed by atoms with Gasteiger partial charge in [0.05, 0.1) is 12.8 Å². The van der Waals surface area contributed by atoms with Crippen LogP contribution in [0.2, 0.25) is 0 Å². The molecule has 0 saturated carbocycles. The zero-order valence-corrected chi connectivity index (χ0v) is 13.6. The van der Waals surface area contributed by atoms with E-state index in [0.717, 1.165) is 25.6 Å². The Labute approximate surface area is 130 Å². The Kier molecular flexibility index (Phi) is 5.54. The molecule has 1 amide bonds. The molecule has 22 heavy (non-hydrogen) atoms. The third-order valence-electron chi connectivity index (χ3n) is 3.50. The fourth-order valence-electron chi connectivity index (χ4n) is 2.54. The van der Waals surface area contributed by atoms with Crippen molar-refractivity contribution in [1.29, 1.82) is 0 Å². The highest BCUT2D eigenvalue weighted by Gasteiger charge is 2.22. The molecular formula is C13H22N4O4S. The fourth-order valence-corrected chi connectivity index (χ4v) is 3.08. The maximum absolute atomic E-state index is 12.0. The summed E-state index contributed by atoms with van der Waals surface area (Å²) in [5.41, 5.74) is 0. The van der Waals surface area contributed by atoms with Crippen molar-refractivity contribution < 1.29 is 17.7 Å². The standard InChI is InChI=1S/C13H22N4O4S/c1-10-6-12(16-21-10)15-13(18)9-17-5-3-4-11(8-17)7-14-22(2,19)20/h6,11,14H,3-5,7-9H2,1-2H3,(H,15,16,18). The minimum Gasteiger partial charge on any atom is -0.360 e. The predicted octanol–water partition coefficient (Wildman–Crippen LogP) is 0.183. The number of rotatable bonds is 6. The van der Waals surface area contributed by atoms with E-state index in [-0.39, 0.29) is 18.4 Å². The van der Waals surface area contributed by atoms with E-state index in [1.54, 1.807) is 13.0 Å². The lowest BCUT2D eigenvalue weighted by molar-refractivity contribution is -0.117. The van der Waals surface area contributed by atoms with Crippen molar-refractivity contribution in [2.24, 2.45) is 5.92 Å². The highest BCUT2D eigenvalue weighted by molar-refractivity contribution is 7.88. The molecule has 1 aromatic heterocycles. The van der Waals surface area contributed by atoms with E-state index in [1.165, 1.54) is 0 Å². The zero-order valence-electron chi connectivity index (χ0n) is 12.8. The molecule has 1 saturated heterocycles. The number of hydrogen-bond donors (Lipinski definition) is 2. The van der Waals surface area contributed by atoms with Crippen LogP contribution in [0.5, 0.6) is 0 Å². The van der Waals surface area contributed by atoms with Gasteiger partial charge >= 0.3 is 0 Å². The van der Waals surface area contributed by atoms with Crippen molar-refractivity contribution in [2.45, 2.75) is 19.8 Å². The number of aryl methyl sites for hydroxylation is 1. The van der Waals surface area contributed by atoms with E-state index in [0.29, 0.717) is 24.7 Å². The van der Waals surface area contributed by atoms with Gasteiger partial charge in [-0.1, -0.05) is 5.16 Å². The number of amides is 1. The zero-order chi connectivity index (χ0) is 16.2. The van der Waals surface area contributed by atoms with Crippen LogP contribution in [0, 0.1) is 12.8 Å². The second-order valence-corrected chi connectivity index (χ2v) is 7.57. The van der Waals surface area contributed by atoms with E-state index in [2.05, 4.69) is 15.2 Å². The quantitative estimate of drug-likeness (QED) is 0.771. The summed E-state index contributed by atoms with van der Waals surface area (Å²) in [6.07, 6.45) is 3.07. The van der Waals surface area contributed by atoms with E-state index in [9.17, 15) is 13.2 Å². The molecule has 2 N–H and O–H groups in total. The average molecular weight is 330 g/mol.